The van der Waals surface area contributed by atoms with Gasteiger partial charge in [0, 0.05) is 13.0 Å². The first-order valence-electron chi connectivity index (χ1n) is 16.0. The first-order chi connectivity index (χ1) is 18.5. The van der Waals surface area contributed by atoms with Crippen LogP contribution in [0.5, 0.6) is 0 Å². The second-order valence-electron chi connectivity index (χ2n) is 14.2. The molecule has 0 aromatic rings. The lowest BCUT2D eigenvalue weighted by Crippen LogP contribution is -2.51. The number of alkyl carbamates (subject to hydrolysis) is 1. The number of carboxylic acid groups (broad SMARTS) is 1. The van der Waals surface area contributed by atoms with Crippen molar-refractivity contribution in [1.29, 1.82) is 0 Å². The maximum Gasteiger partial charge on any atom is 0.407 e. The van der Waals surface area contributed by atoms with Gasteiger partial charge >= 0.3 is 12.1 Å². The summed E-state index contributed by atoms with van der Waals surface area (Å²) in [5, 5.41) is 11.4. The summed E-state index contributed by atoms with van der Waals surface area (Å²) in [5.41, 5.74) is 2.29. The fourth-order valence-electron chi connectivity index (χ4n) is 9.43. The average Bonchev–Trinajstić information content (AvgIpc) is 3.23. The Morgan fingerprint density at radius 3 is 2.59 bits per heavy atom. The Morgan fingerprint density at radius 1 is 1.05 bits per heavy atom. The average molecular weight is 546 g/mol. The van der Waals surface area contributed by atoms with E-state index in [1.807, 2.05) is 0 Å². The van der Waals surface area contributed by atoms with Crippen molar-refractivity contribution in [3.63, 3.8) is 0 Å². The minimum atomic E-state index is -0.883. The van der Waals surface area contributed by atoms with E-state index < -0.39 is 12.1 Å². The maximum atomic E-state index is 12.4. The fraction of sp³-hybridized carbons (Fsp3) is 0.879. The van der Waals surface area contributed by atoms with Crippen LogP contribution in [0.4, 0.5) is 4.79 Å². The van der Waals surface area contributed by atoms with Gasteiger partial charge in [-0.3, -0.25) is 4.79 Å². The van der Waals surface area contributed by atoms with E-state index in [0.29, 0.717) is 12.0 Å². The molecule has 3 saturated carbocycles. The van der Waals surface area contributed by atoms with Crippen LogP contribution in [-0.4, -0.2) is 43.0 Å². The summed E-state index contributed by atoms with van der Waals surface area (Å²) in [6.45, 7) is 13.2. The Kier molecular flexibility index (Phi) is 10.1. The number of hydrogen-bond acceptors (Lipinski definition) is 4. The third-order valence-corrected chi connectivity index (χ3v) is 11.5. The molecule has 0 bridgehead atoms. The third kappa shape index (κ3) is 6.85. The summed E-state index contributed by atoms with van der Waals surface area (Å²) >= 11 is 0. The van der Waals surface area contributed by atoms with E-state index in [1.54, 1.807) is 0 Å². The molecule has 0 aliphatic heterocycles. The van der Waals surface area contributed by atoms with Crippen molar-refractivity contribution in [2.75, 3.05) is 19.8 Å². The Bertz CT molecular complexity index is 885. The molecule has 4 rings (SSSR count). The number of amides is 1. The molecule has 4 aliphatic rings. The lowest BCUT2D eigenvalue weighted by molar-refractivity contribution is -0.138. The predicted molar refractivity (Wildman–Crippen MR) is 154 cm³/mol. The van der Waals surface area contributed by atoms with Gasteiger partial charge < -0.3 is 19.9 Å². The summed E-state index contributed by atoms with van der Waals surface area (Å²) < 4.78 is 11.0. The molecule has 0 heterocycles. The third-order valence-electron chi connectivity index (χ3n) is 11.5. The Balaban J connectivity index is 1.30. The fourth-order valence-corrected chi connectivity index (χ4v) is 9.43. The highest BCUT2D eigenvalue weighted by Gasteiger charge is 2.59. The summed E-state index contributed by atoms with van der Waals surface area (Å²) in [5.74, 6) is 4.10. The summed E-state index contributed by atoms with van der Waals surface area (Å²) in [6, 6.07) is 0. The summed E-state index contributed by atoms with van der Waals surface area (Å²) in [6.07, 6.45) is 15.9. The number of fused-ring (bicyclic) bond motifs is 5. The Morgan fingerprint density at radius 2 is 1.85 bits per heavy atom. The van der Waals surface area contributed by atoms with Gasteiger partial charge in [0.15, 0.2) is 0 Å². The highest BCUT2D eigenvalue weighted by Crippen LogP contribution is 2.67. The molecular formula is C33H55NO5. The highest BCUT2D eigenvalue weighted by atomic mass is 16.6. The lowest BCUT2D eigenvalue weighted by atomic mass is 9.47. The van der Waals surface area contributed by atoms with E-state index in [2.05, 4.69) is 46.0 Å². The van der Waals surface area contributed by atoms with Crippen LogP contribution in [0, 0.1) is 46.3 Å². The second kappa shape index (κ2) is 13.0. The van der Waals surface area contributed by atoms with E-state index >= 15 is 0 Å². The molecule has 222 valence electrons. The van der Waals surface area contributed by atoms with Crippen LogP contribution in [0.2, 0.25) is 0 Å². The van der Waals surface area contributed by atoms with Crippen molar-refractivity contribution in [3.8, 4) is 0 Å². The largest absolute Gasteiger partial charge is 0.481 e. The number of carboxylic acids is 1. The molecule has 0 aromatic carbocycles. The van der Waals surface area contributed by atoms with Gasteiger partial charge in [-0.25, -0.2) is 4.79 Å². The van der Waals surface area contributed by atoms with E-state index in [4.69, 9.17) is 14.6 Å². The number of ether oxygens (including phenoxy) is 2. The molecule has 1 unspecified atom stereocenters. The molecule has 6 heteroatoms. The minimum absolute atomic E-state index is 0.0274. The maximum absolute atomic E-state index is 12.4. The Labute approximate surface area is 237 Å². The highest BCUT2D eigenvalue weighted by molar-refractivity contribution is 5.67. The molecule has 6 nitrogen and oxygen atoms in total. The minimum Gasteiger partial charge on any atom is -0.481 e. The van der Waals surface area contributed by atoms with Gasteiger partial charge in [-0.1, -0.05) is 65.5 Å². The molecule has 8 atom stereocenters. The summed E-state index contributed by atoms with van der Waals surface area (Å²) in [4.78, 5) is 22.9. The number of nitrogens with one attached hydrogen (secondary N) is 1. The van der Waals surface area contributed by atoms with Gasteiger partial charge in [0.1, 0.15) is 6.10 Å². The number of allylic oxidation sites excluding steroid dienone is 1. The topological polar surface area (TPSA) is 84.9 Å². The molecule has 0 radical (unpaired) electrons. The van der Waals surface area contributed by atoms with Crippen LogP contribution in [-0.2, 0) is 14.3 Å². The number of carbonyl (C=O) groups excluding carboxylic acids is 1. The summed E-state index contributed by atoms with van der Waals surface area (Å²) in [7, 11) is 0. The zero-order valence-corrected chi connectivity index (χ0v) is 25.3. The van der Waals surface area contributed by atoms with Crippen molar-refractivity contribution in [3.05, 3.63) is 11.6 Å². The van der Waals surface area contributed by atoms with E-state index in [-0.39, 0.29) is 31.2 Å². The first kappa shape index (κ1) is 30.4. The zero-order chi connectivity index (χ0) is 28.2. The van der Waals surface area contributed by atoms with Crippen LogP contribution in [0.15, 0.2) is 11.6 Å². The van der Waals surface area contributed by atoms with Crippen LogP contribution in [0.25, 0.3) is 0 Å². The molecule has 39 heavy (non-hydrogen) atoms. The molecule has 1 amide bonds. The molecule has 3 fully saturated rings. The SMILES string of the molecule is CC(C)CCC[C@@H](C)C1CC[C@H]2[C@@H]3CC=C4C[C@@H](OC(=O)NCCOCCC(=O)O)CC[C@]4(C)[C@H]3CC[C@]12C. The van der Waals surface area contributed by atoms with Gasteiger partial charge in [-0.05, 0) is 91.3 Å². The van der Waals surface area contributed by atoms with Gasteiger partial charge in [0.25, 0.3) is 0 Å². The van der Waals surface area contributed by atoms with Crippen LogP contribution in [0.3, 0.4) is 0 Å². The van der Waals surface area contributed by atoms with Crippen LogP contribution in [0.1, 0.15) is 112 Å². The van der Waals surface area contributed by atoms with Crippen molar-refractivity contribution in [2.24, 2.45) is 46.3 Å². The van der Waals surface area contributed by atoms with Crippen molar-refractivity contribution in [2.45, 2.75) is 118 Å². The van der Waals surface area contributed by atoms with E-state index in [0.717, 1.165) is 54.8 Å². The van der Waals surface area contributed by atoms with Gasteiger partial charge in [-0.2, -0.15) is 0 Å². The number of hydrogen-bond donors (Lipinski definition) is 2. The zero-order valence-electron chi connectivity index (χ0n) is 25.3. The lowest BCUT2D eigenvalue weighted by Gasteiger charge is -2.58. The van der Waals surface area contributed by atoms with Crippen LogP contribution >= 0.6 is 0 Å². The van der Waals surface area contributed by atoms with Gasteiger partial charge in [0.2, 0.25) is 0 Å². The van der Waals surface area contributed by atoms with Crippen LogP contribution < -0.4 is 5.32 Å². The number of rotatable bonds is 12. The van der Waals surface area contributed by atoms with E-state index in [1.165, 1.54) is 56.9 Å². The van der Waals surface area contributed by atoms with Crippen molar-refractivity contribution < 1.29 is 24.2 Å². The standard InChI is InChI=1S/C33H55NO5/c1-22(2)7-6-8-23(3)27-11-12-28-26-10-9-24-21-25(39-31(37)34-18-20-38-19-15-30(35)36)13-16-32(24,4)29(26)14-17-33(27,28)5/h9,22-23,25-29H,6-8,10-21H2,1-5H3,(H,34,37)(H,35,36)/t23-,25+,26+,27?,28+,29+,32+,33-/m1/s1. The first-order valence-corrected chi connectivity index (χ1v) is 16.0. The molecular weight excluding hydrogens is 490 g/mol. The van der Waals surface area contributed by atoms with Crippen molar-refractivity contribution >= 4 is 12.1 Å². The smallest absolute Gasteiger partial charge is 0.407 e. The molecule has 0 aromatic heterocycles. The second-order valence-corrected chi connectivity index (χ2v) is 14.2. The molecule has 0 saturated heterocycles. The predicted octanol–water partition coefficient (Wildman–Crippen LogP) is 7.61. The molecule has 0 spiro atoms. The van der Waals surface area contributed by atoms with Gasteiger partial charge in [0.05, 0.1) is 19.6 Å². The monoisotopic (exact) mass is 545 g/mol. The Hall–Kier alpha value is -1.56. The normalized spacial score (nSPS) is 36.4. The number of carbonyl (C=O) groups is 2. The quantitative estimate of drug-likeness (QED) is 0.195. The number of aliphatic carboxylic acids is 1. The van der Waals surface area contributed by atoms with E-state index in [9.17, 15) is 9.59 Å². The molecule has 2 N–H and O–H groups in total. The van der Waals surface area contributed by atoms with Crippen molar-refractivity contribution in [1.82, 2.24) is 5.32 Å². The molecule has 4 aliphatic carbocycles. The van der Waals surface area contributed by atoms with Gasteiger partial charge in [-0.15, -0.1) is 0 Å².